The Hall–Kier alpha value is -3.52. The highest BCUT2D eigenvalue weighted by Crippen LogP contribution is 2.27. The summed E-state index contributed by atoms with van der Waals surface area (Å²) in [5.74, 6) is 1.18. The zero-order chi connectivity index (χ0) is 26.3. The van der Waals surface area contributed by atoms with E-state index >= 15 is 0 Å². The van der Waals surface area contributed by atoms with E-state index in [4.69, 9.17) is 26.2 Å². The highest BCUT2D eigenvalue weighted by Gasteiger charge is 2.23. The molecule has 0 unspecified atom stereocenters. The third-order valence-electron chi connectivity index (χ3n) is 5.42. The first-order chi connectivity index (χ1) is 17.1. The fourth-order valence-electron chi connectivity index (χ4n) is 3.44. The number of hydrogen-bond donors (Lipinski definition) is 1. The van der Waals surface area contributed by atoms with Crippen molar-refractivity contribution in [1.82, 2.24) is 14.7 Å². The molecule has 192 valence electrons. The number of amides is 2. The smallest absolute Gasteiger partial charge is 0.260 e. The van der Waals surface area contributed by atoms with Gasteiger partial charge in [0, 0.05) is 23.0 Å². The maximum Gasteiger partial charge on any atom is 0.260 e. The van der Waals surface area contributed by atoms with Crippen LogP contribution in [0.2, 0.25) is 5.02 Å². The van der Waals surface area contributed by atoms with Gasteiger partial charge in [-0.1, -0.05) is 39.3 Å². The number of anilines is 1. The van der Waals surface area contributed by atoms with Gasteiger partial charge in [-0.05, 0) is 55.0 Å². The number of benzene rings is 2. The fraction of sp³-hybridized carbons (Fsp3) is 0.370. The first-order valence-corrected chi connectivity index (χ1v) is 12.2. The lowest BCUT2D eigenvalue weighted by Crippen LogP contribution is -2.41. The van der Waals surface area contributed by atoms with Crippen molar-refractivity contribution < 1.29 is 19.1 Å². The van der Waals surface area contributed by atoms with Crippen molar-refractivity contribution in [3.8, 4) is 17.2 Å². The van der Waals surface area contributed by atoms with E-state index in [0.29, 0.717) is 29.6 Å². The molecule has 0 spiro atoms. The van der Waals surface area contributed by atoms with E-state index in [-0.39, 0.29) is 30.4 Å². The average Bonchev–Trinajstić information content (AvgIpc) is 3.27. The molecular weight excluding hydrogens is 480 g/mol. The first kappa shape index (κ1) is 27.1. The van der Waals surface area contributed by atoms with E-state index in [2.05, 4.69) is 26.1 Å². The molecule has 3 aromatic rings. The van der Waals surface area contributed by atoms with E-state index in [0.717, 1.165) is 17.1 Å². The predicted octanol–water partition coefficient (Wildman–Crippen LogP) is 5.09. The number of halogens is 1. The molecule has 0 radical (unpaired) electrons. The molecule has 0 aliphatic heterocycles. The molecule has 9 heteroatoms. The molecule has 1 N–H and O–H groups in total. The number of rotatable bonds is 10. The number of ether oxygens (including phenoxy) is 2. The number of carbonyl (C=O) groups excluding carboxylic acids is 2. The van der Waals surface area contributed by atoms with E-state index in [1.54, 1.807) is 36.1 Å². The summed E-state index contributed by atoms with van der Waals surface area (Å²) in [5.41, 5.74) is 1.38. The number of nitrogens with one attached hydrogen (secondary N) is 1. The van der Waals surface area contributed by atoms with Gasteiger partial charge in [0.15, 0.2) is 6.61 Å². The Morgan fingerprint density at radius 3 is 2.28 bits per heavy atom. The Morgan fingerprint density at radius 2 is 1.69 bits per heavy atom. The van der Waals surface area contributed by atoms with E-state index in [1.165, 1.54) is 4.90 Å². The lowest BCUT2D eigenvalue weighted by Gasteiger charge is -2.22. The van der Waals surface area contributed by atoms with Gasteiger partial charge in [0.05, 0.1) is 18.5 Å². The van der Waals surface area contributed by atoms with Gasteiger partial charge in [0.25, 0.3) is 5.91 Å². The number of nitrogens with zero attached hydrogens (tertiary/aromatic N) is 3. The van der Waals surface area contributed by atoms with Crippen LogP contribution in [-0.2, 0) is 15.0 Å². The molecule has 0 saturated heterocycles. The van der Waals surface area contributed by atoms with Crippen molar-refractivity contribution >= 4 is 29.2 Å². The normalized spacial score (nSPS) is 11.2. The van der Waals surface area contributed by atoms with Crippen LogP contribution in [0.4, 0.5) is 5.82 Å². The Bertz CT molecular complexity index is 1170. The second-order valence-corrected chi connectivity index (χ2v) is 9.82. The highest BCUT2D eigenvalue weighted by atomic mass is 35.5. The molecule has 1 aromatic heterocycles. The molecule has 0 aliphatic rings. The van der Waals surface area contributed by atoms with Crippen LogP contribution < -0.4 is 14.8 Å². The average molecular weight is 513 g/mol. The number of hydrogen-bond acceptors (Lipinski definition) is 5. The topological polar surface area (TPSA) is 85.7 Å². The number of methoxy groups -OCH3 is 1. The second kappa shape index (κ2) is 11.9. The zero-order valence-electron chi connectivity index (χ0n) is 21.4. The van der Waals surface area contributed by atoms with Gasteiger partial charge >= 0.3 is 0 Å². The predicted molar refractivity (Wildman–Crippen MR) is 141 cm³/mol. The second-order valence-electron chi connectivity index (χ2n) is 9.38. The summed E-state index contributed by atoms with van der Waals surface area (Å²) in [5, 5.41) is 8.25. The molecule has 1 heterocycles. The number of carbonyl (C=O) groups is 2. The van der Waals surface area contributed by atoms with Crippen LogP contribution in [0.25, 0.3) is 5.69 Å². The number of aromatic nitrogens is 2. The summed E-state index contributed by atoms with van der Waals surface area (Å²) in [7, 11) is 1.61. The van der Waals surface area contributed by atoms with Crippen LogP contribution in [0.15, 0.2) is 54.6 Å². The van der Waals surface area contributed by atoms with Gasteiger partial charge in [-0.15, -0.1) is 0 Å². The molecule has 3 rings (SSSR count). The van der Waals surface area contributed by atoms with Crippen molar-refractivity contribution in [1.29, 1.82) is 0 Å². The lowest BCUT2D eigenvalue weighted by molar-refractivity contribution is -0.136. The fourth-order valence-corrected chi connectivity index (χ4v) is 3.57. The van der Waals surface area contributed by atoms with Crippen LogP contribution in [-0.4, -0.2) is 53.3 Å². The van der Waals surface area contributed by atoms with Crippen molar-refractivity contribution in [2.75, 3.05) is 32.1 Å². The standard InChI is InChI=1S/C27H33ClN4O4/c1-6-15-31(26(34)18-36-22-11-7-19(28)8-12-22)17-25(33)29-24-16-23(27(2,3)4)30-32(24)20-9-13-21(35-5)14-10-20/h7-14,16H,6,15,17-18H2,1-5H3,(H,29,33). The summed E-state index contributed by atoms with van der Waals surface area (Å²) in [6, 6.07) is 16.0. The summed E-state index contributed by atoms with van der Waals surface area (Å²) in [4.78, 5) is 27.3. The van der Waals surface area contributed by atoms with Crippen LogP contribution in [0.5, 0.6) is 11.5 Å². The van der Waals surface area contributed by atoms with E-state index < -0.39 is 0 Å². The van der Waals surface area contributed by atoms with Crippen molar-refractivity contribution in [2.24, 2.45) is 0 Å². The van der Waals surface area contributed by atoms with Gasteiger partial charge in [0.1, 0.15) is 23.9 Å². The van der Waals surface area contributed by atoms with E-state index in [9.17, 15) is 9.59 Å². The molecule has 0 atom stereocenters. The maximum absolute atomic E-state index is 13.0. The van der Waals surface area contributed by atoms with Crippen molar-refractivity contribution in [3.63, 3.8) is 0 Å². The van der Waals surface area contributed by atoms with Gasteiger partial charge in [-0.3, -0.25) is 9.59 Å². The molecular formula is C27H33ClN4O4. The zero-order valence-corrected chi connectivity index (χ0v) is 22.1. The summed E-state index contributed by atoms with van der Waals surface area (Å²) < 4.78 is 12.5. The maximum atomic E-state index is 13.0. The first-order valence-electron chi connectivity index (χ1n) is 11.8. The van der Waals surface area contributed by atoms with Crippen LogP contribution in [0, 0.1) is 0 Å². The van der Waals surface area contributed by atoms with Gasteiger partial charge in [0.2, 0.25) is 5.91 Å². The highest BCUT2D eigenvalue weighted by molar-refractivity contribution is 6.30. The third kappa shape index (κ3) is 7.24. The Morgan fingerprint density at radius 1 is 1.06 bits per heavy atom. The monoisotopic (exact) mass is 512 g/mol. The molecule has 2 aromatic carbocycles. The quantitative estimate of drug-likeness (QED) is 0.409. The van der Waals surface area contributed by atoms with Crippen molar-refractivity contribution in [3.05, 3.63) is 65.3 Å². The summed E-state index contributed by atoms with van der Waals surface area (Å²) in [6.07, 6.45) is 0.706. The minimum atomic E-state index is -0.321. The molecule has 2 amide bonds. The van der Waals surface area contributed by atoms with Crippen LogP contribution in [0.1, 0.15) is 39.8 Å². The van der Waals surface area contributed by atoms with Crippen LogP contribution >= 0.6 is 11.6 Å². The van der Waals surface area contributed by atoms with Gasteiger partial charge < -0.3 is 19.7 Å². The van der Waals surface area contributed by atoms with Crippen molar-refractivity contribution in [2.45, 2.75) is 39.5 Å². The van der Waals surface area contributed by atoms with Gasteiger partial charge in [-0.2, -0.15) is 5.10 Å². The summed E-state index contributed by atoms with van der Waals surface area (Å²) >= 11 is 5.89. The largest absolute Gasteiger partial charge is 0.497 e. The SMILES string of the molecule is CCCN(CC(=O)Nc1cc(C(C)(C)C)nn1-c1ccc(OC)cc1)C(=O)COc1ccc(Cl)cc1. The Labute approximate surface area is 217 Å². The van der Waals surface area contributed by atoms with Crippen LogP contribution in [0.3, 0.4) is 0 Å². The van der Waals surface area contributed by atoms with Gasteiger partial charge in [-0.25, -0.2) is 4.68 Å². The minimum Gasteiger partial charge on any atom is -0.497 e. The van der Waals surface area contributed by atoms with E-state index in [1.807, 2.05) is 37.3 Å². The minimum absolute atomic E-state index is 0.102. The molecule has 0 saturated carbocycles. The lowest BCUT2D eigenvalue weighted by atomic mass is 9.92. The molecule has 36 heavy (non-hydrogen) atoms. The molecule has 8 nitrogen and oxygen atoms in total. The third-order valence-corrected chi connectivity index (χ3v) is 5.67. The molecule has 0 aliphatic carbocycles. The Balaban J connectivity index is 1.74. The molecule has 0 bridgehead atoms. The summed E-state index contributed by atoms with van der Waals surface area (Å²) in [6.45, 7) is 8.28. The molecule has 0 fully saturated rings. The Kier molecular flexibility index (Phi) is 8.98.